The first-order valence-electron chi connectivity index (χ1n) is 11.9. The fourth-order valence-corrected chi connectivity index (χ4v) is 7.03. The molecule has 1 N–H and O–H groups in total. The molecule has 0 radical (unpaired) electrons. The molecule has 3 aromatic rings. The Morgan fingerprint density at radius 3 is 2.47 bits per heavy atom. The Kier molecular flexibility index (Phi) is 5.38. The van der Waals surface area contributed by atoms with Crippen molar-refractivity contribution < 1.29 is 0 Å². The van der Waals surface area contributed by atoms with E-state index in [1.54, 1.807) is 11.3 Å². The molecule has 0 amide bonds. The van der Waals surface area contributed by atoms with Gasteiger partial charge in [-0.2, -0.15) is 0 Å². The number of fused-ring (bicyclic) bond motifs is 3. The topological polar surface area (TPSA) is 55.5 Å². The molecular weight excluding hydrogens is 418 g/mol. The number of H-pyrrole nitrogens is 1. The van der Waals surface area contributed by atoms with Crippen molar-refractivity contribution in [3.05, 3.63) is 52.6 Å². The van der Waals surface area contributed by atoms with Crippen LogP contribution in [0.25, 0.3) is 20.7 Å². The summed E-state index contributed by atoms with van der Waals surface area (Å²) in [6, 6.07) is 14.5. The van der Waals surface area contributed by atoms with Crippen LogP contribution in [0.15, 0.2) is 41.2 Å². The second kappa shape index (κ2) is 8.37. The van der Waals surface area contributed by atoms with Crippen LogP contribution in [-0.4, -0.2) is 76.0 Å². The number of hydrogen-bond acceptors (Lipinski definition) is 6. The number of piperidine rings is 1. The predicted molar refractivity (Wildman–Crippen MR) is 130 cm³/mol. The van der Waals surface area contributed by atoms with Crippen LogP contribution >= 0.6 is 11.3 Å². The van der Waals surface area contributed by atoms with Gasteiger partial charge in [0.05, 0.1) is 11.9 Å². The standard InChI is InChI=1S/C25H31N5OS/c1-28-18-7-8-19(28)14-20(13-18)30-11-9-29(10-12-30)16-23-26-24(31)21-15-22(32-25(21)27-23)17-5-3-2-4-6-17/h2-6,15,18-20H,7-14,16H2,1H3,(H,26,27,31). The number of aromatic amines is 1. The van der Waals surface area contributed by atoms with E-state index >= 15 is 0 Å². The average molecular weight is 450 g/mol. The van der Waals surface area contributed by atoms with Crippen molar-refractivity contribution in [3.63, 3.8) is 0 Å². The lowest BCUT2D eigenvalue weighted by atomic mass is 9.96. The Morgan fingerprint density at radius 1 is 1.03 bits per heavy atom. The molecule has 2 unspecified atom stereocenters. The van der Waals surface area contributed by atoms with Crippen LogP contribution in [0.5, 0.6) is 0 Å². The molecule has 5 heterocycles. The van der Waals surface area contributed by atoms with E-state index in [0.29, 0.717) is 5.39 Å². The second-order valence-corrected chi connectivity index (χ2v) is 10.7. The summed E-state index contributed by atoms with van der Waals surface area (Å²) in [6.07, 6.45) is 5.43. The zero-order valence-corrected chi connectivity index (χ0v) is 19.5. The highest BCUT2D eigenvalue weighted by molar-refractivity contribution is 7.21. The molecule has 168 valence electrons. The van der Waals surface area contributed by atoms with Crippen LogP contribution in [0.4, 0.5) is 0 Å². The van der Waals surface area contributed by atoms with Crippen LogP contribution in [0, 0.1) is 0 Å². The number of benzene rings is 1. The zero-order chi connectivity index (χ0) is 21.7. The van der Waals surface area contributed by atoms with E-state index in [2.05, 4.69) is 38.9 Å². The molecular formula is C25H31N5OS. The number of piperazine rings is 1. The number of hydrogen-bond donors (Lipinski definition) is 1. The van der Waals surface area contributed by atoms with Gasteiger partial charge in [-0.3, -0.25) is 14.6 Å². The molecule has 0 aliphatic carbocycles. The minimum absolute atomic E-state index is 0.0242. The maximum atomic E-state index is 12.7. The highest BCUT2D eigenvalue weighted by atomic mass is 32.1. The summed E-state index contributed by atoms with van der Waals surface area (Å²) < 4.78 is 0. The smallest absolute Gasteiger partial charge is 0.259 e. The minimum atomic E-state index is -0.0242. The van der Waals surface area contributed by atoms with E-state index in [4.69, 9.17) is 4.98 Å². The summed E-state index contributed by atoms with van der Waals surface area (Å²) in [4.78, 5) is 30.3. The summed E-state index contributed by atoms with van der Waals surface area (Å²) in [5, 5.41) is 0.694. The lowest BCUT2D eigenvalue weighted by Crippen LogP contribution is -2.54. The molecule has 3 aliphatic heterocycles. The first kappa shape index (κ1) is 20.5. The van der Waals surface area contributed by atoms with Gasteiger partial charge >= 0.3 is 0 Å². The Morgan fingerprint density at radius 2 is 1.75 bits per heavy atom. The Hall–Kier alpha value is -2.06. The lowest BCUT2D eigenvalue weighted by molar-refractivity contribution is 0.0373. The van der Waals surface area contributed by atoms with Crippen molar-refractivity contribution in [1.82, 2.24) is 24.7 Å². The third-order valence-electron chi connectivity index (χ3n) is 7.88. The Balaban J connectivity index is 1.12. The monoisotopic (exact) mass is 449 g/mol. The van der Waals surface area contributed by atoms with E-state index < -0.39 is 0 Å². The SMILES string of the molecule is CN1C2CCC1CC(N1CCN(Cc3nc4sc(-c5ccccc5)cc4c(=O)[nH]3)CC1)C2. The van der Waals surface area contributed by atoms with Crippen LogP contribution in [0.2, 0.25) is 0 Å². The van der Waals surface area contributed by atoms with Crippen molar-refractivity contribution in [2.75, 3.05) is 33.2 Å². The van der Waals surface area contributed by atoms with Gasteiger partial charge in [-0.25, -0.2) is 4.98 Å². The summed E-state index contributed by atoms with van der Waals surface area (Å²) >= 11 is 1.60. The first-order chi connectivity index (χ1) is 15.6. The van der Waals surface area contributed by atoms with E-state index in [1.807, 2.05) is 24.3 Å². The van der Waals surface area contributed by atoms with Gasteiger partial charge in [0.2, 0.25) is 0 Å². The van der Waals surface area contributed by atoms with E-state index in [0.717, 1.165) is 71.9 Å². The molecule has 2 aromatic heterocycles. The van der Waals surface area contributed by atoms with E-state index in [1.165, 1.54) is 25.7 Å². The number of thiophene rings is 1. The molecule has 0 spiro atoms. The van der Waals surface area contributed by atoms with Crippen LogP contribution in [0.3, 0.4) is 0 Å². The largest absolute Gasteiger partial charge is 0.309 e. The quantitative estimate of drug-likeness (QED) is 0.662. The van der Waals surface area contributed by atoms with Gasteiger partial charge in [-0.05, 0) is 44.4 Å². The molecule has 32 heavy (non-hydrogen) atoms. The molecule has 3 fully saturated rings. The van der Waals surface area contributed by atoms with Gasteiger partial charge in [0, 0.05) is 49.2 Å². The molecule has 7 heteroatoms. The molecule has 6 rings (SSSR count). The van der Waals surface area contributed by atoms with Gasteiger partial charge in [0.1, 0.15) is 10.7 Å². The van der Waals surface area contributed by atoms with Gasteiger partial charge < -0.3 is 9.88 Å². The Labute approximate surface area is 192 Å². The van der Waals surface area contributed by atoms with Crippen molar-refractivity contribution >= 4 is 21.6 Å². The van der Waals surface area contributed by atoms with Crippen molar-refractivity contribution in [2.24, 2.45) is 0 Å². The van der Waals surface area contributed by atoms with Crippen molar-refractivity contribution in [1.29, 1.82) is 0 Å². The third-order valence-corrected chi connectivity index (χ3v) is 8.96. The predicted octanol–water partition coefficient (Wildman–Crippen LogP) is 3.39. The number of nitrogens with one attached hydrogen (secondary N) is 1. The van der Waals surface area contributed by atoms with E-state index in [9.17, 15) is 4.79 Å². The number of nitrogens with zero attached hydrogens (tertiary/aromatic N) is 4. The molecule has 0 saturated carbocycles. The van der Waals surface area contributed by atoms with Gasteiger partial charge in [0.15, 0.2) is 0 Å². The van der Waals surface area contributed by atoms with Crippen molar-refractivity contribution in [2.45, 2.75) is 50.4 Å². The first-order valence-corrected chi connectivity index (χ1v) is 12.7. The molecule has 6 nitrogen and oxygen atoms in total. The van der Waals surface area contributed by atoms with Gasteiger partial charge in [-0.1, -0.05) is 30.3 Å². The Bertz CT molecular complexity index is 1140. The summed E-state index contributed by atoms with van der Waals surface area (Å²) in [6.45, 7) is 5.05. The molecule has 3 aliphatic rings. The minimum Gasteiger partial charge on any atom is -0.309 e. The summed E-state index contributed by atoms with van der Waals surface area (Å²) in [7, 11) is 2.32. The fourth-order valence-electron chi connectivity index (χ4n) is 5.97. The third kappa shape index (κ3) is 3.81. The zero-order valence-electron chi connectivity index (χ0n) is 18.7. The maximum Gasteiger partial charge on any atom is 0.259 e. The number of rotatable bonds is 4. The fraction of sp³-hybridized carbons (Fsp3) is 0.520. The molecule has 2 bridgehead atoms. The van der Waals surface area contributed by atoms with Gasteiger partial charge in [-0.15, -0.1) is 11.3 Å². The normalized spacial score (nSPS) is 27.3. The van der Waals surface area contributed by atoms with Crippen LogP contribution < -0.4 is 5.56 Å². The molecule has 2 atom stereocenters. The summed E-state index contributed by atoms with van der Waals surface area (Å²) in [5.74, 6) is 0.787. The molecule has 3 saturated heterocycles. The van der Waals surface area contributed by atoms with Crippen LogP contribution in [0.1, 0.15) is 31.5 Å². The number of aromatic nitrogens is 2. The molecule has 1 aromatic carbocycles. The van der Waals surface area contributed by atoms with Crippen LogP contribution in [-0.2, 0) is 6.54 Å². The summed E-state index contributed by atoms with van der Waals surface area (Å²) in [5.41, 5.74) is 1.11. The average Bonchev–Trinajstić information content (AvgIpc) is 3.31. The lowest BCUT2D eigenvalue weighted by Gasteiger charge is -2.45. The second-order valence-electron chi connectivity index (χ2n) is 9.70. The highest BCUT2D eigenvalue weighted by Crippen LogP contribution is 2.36. The van der Waals surface area contributed by atoms with Crippen molar-refractivity contribution in [3.8, 4) is 10.4 Å². The highest BCUT2D eigenvalue weighted by Gasteiger charge is 2.40. The van der Waals surface area contributed by atoms with E-state index in [-0.39, 0.29) is 5.56 Å². The maximum absolute atomic E-state index is 12.7. The van der Waals surface area contributed by atoms with Gasteiger partial charge in [0.25, 0.3) is 5.56 Å².